The van der Waals surface area contributed by atoms with E-state index >= 15 is 0 Å². The minimum atomic E-state index is 0.805. The summed E-state index contributed by atoms with van der Waals surface area (Å²) in [4.78, 5) is 2.76. The average molecular weight is 261 g/mol. The second-order valence-corrected chi connectivity index (χ2v) is 6.80. The Bertz CT molecular complexity index is 359. The molecule has 1 saturated carbocycles. The summed E-state index contributed by atoms with van der Waals surface area (Å²) in [6.07, 6.45) is 5.61. The Morgan fingerprint density at radius 2 is 1.78 bits per heavy atom. The van der Waals surface area contributed by atoms with Gasteiger partial charge in [0.15, 0.2) is 0 Å². The van der Waals surface area contributed by atoms with Gasteiger partial charge in [0.05, 0.1) is 0 Å². The molecule has 2 aliphatic rings. The third-order valence-electron chi connectivity index (χ3n) is 4.48. The number of hydrogen-bond donors (Lipinski definition) is 0. The van der Waals surface area contributed by atoms with Gasteiger partial charge in [-0.2, -0.15) is 11.8 Å². The van der Waals surface area contributed by atoms with E-state index in [9.17, 15) is 0 Å². The van der Waals surface area contributed by atoms with Crippen LogP contribution in [-0.2, 0) is 0 Å². The second-order valence-electron chi connectivity index (χ2n) is 5.58. The van der Waals surface area contributed by atoms with Crippen LogP contribution in [0.1, 0.15) is 37.2 Å². The van der Waals surface area contributed by atoms with E-state index in [1.165, 1.54) is 50.3 Å². The molecule has 1 saturated heterocycles. The van der Waals surface area contributed by atoms with E-state index in [2.05, 4.69) is 47.0 Å². The Balaban J connectivity index is 1.64. The number of thioether (sulfide) groups is 1. The van der Waals surface area contributed by atoms with Crippen LogP contribution in [0.5, 0.6) is 0 Å². The molecule has 1 aromatic carbocycles. The molecule has 3 rings (SSSR count). The minimum absolute atomic E-state index is 0.805. The van der Waals surface area contributed by atoms with Crippen molar-refractivity contribution in [2.24, 2.45) is 0 Å². The lowest BCUT2D eigenvalue weighted by molar-refractivity contribution is 0.160. The first-order valence-electron chi connectivity index (χ1n) is 7.30. The topological polar surface area (TPSA) is 3.24 Å². The Kier molecular flexibility index (Phi) is 4.27. The highest BCUT2D eigenvalue weighted by Crippen LogP contribution is 2.35. The highest BCUT2D eigenvalue weighted by Gasteiger charge is 2.28. The van der Waals surface area contributed by atoms with Crippen LogP contribution in [0.4, 0.5) is 0 Å². The molecule has 98 valence electrons. The maximum Gasteiger partial charge on any atom is 0.0102 e. The number of nitrogens with zero attached hydrogens (tertiary/aromatic N) is 1. The quantitative estimate of drug-likeness (QED) is 0.797. The van der Waals surface area contributed by atoms with Crippen molar-refractivity contribution in [3.8, 4) is 0 Å². The maximum atomic E-state index is 2.76. The Labute approximate surface area is 115 Å². The van der Waals surface area contributed by atoms with Crippen molar-refractivity contribution < 1.29 is 0 Å². The summed E-state index contributed by atoms with van der Waals surface area (Å²) in [5.41, 5.74) is 1.56. The normalized spacial score (nSPS) is 30.2. The third-order valence-corrected chi connectivity index (χ3v) is 5.42. The standard InChI is InChI=1S/C16H23NS/c1-2-5-14(6-3-1)15-7-4-8-16(13-15)17-9-11-18-12-10-17/h1-3,5-6,15-16H,4,7-13H2. The Morgan fingerprint density at radius 3 is 2.56 bits per heavy atom. The molecule has 0 radical (unpaired) electrons. The van der Waals surface area contributed by atoms with Gasteiger partial charge in [-0.15, -0.1) is 0 Å². The molecule has 2 unspecified atom stereocenters. The fourth-order valence-corrected chi connectivity index (χ4v) is 4.40. The fourth-order valence-electron chi connectivity index (χ4n) is 3.47. The van der Waals surface area contributed by atoms with Crippen LogP contribution in [0.2, 0.25) is 0 Å². The Hall–Kier alpha value is -0.470. The van der Waals surface area contributed by atoms with Gasteiger partial charge >= 0.3 is 0 Å². The first kappa shape index (κ1) is 12.6. The van der Waals surface area contributed by atoms with E-state index < -0.39 is 0 Å². The van der Waals surface area contributed by atoms with Crippen LogP contribution in [0.15, 0.2) is 30.3 Å². The SMILES string of the molecule is c1ccc(C2CCCC(N3CCSCC3)C2)cc1. The molecule has 0 bridgehead atoms. The monoisotopic (exact) mass is 261 g/mol. The zero-order valence-corrected chi connectivity index (χ0v) is 11.9. The summed E-state index contributed by atoms with van der Waals surface area (Å²) >= 11 is 2.12. The molecule has 1 aromatic rings. The molecule has 0 N–H and O–H groups in total. The van der Waals surface area contributed by atoms with Crippen molar-refractivity contribution in [3.05, 3.63) is 35.9 Å². The molecule has 0 amide bonds. The summed E-state index contributed by atoms with van der Waals surface area (Å²) in [7, 11) is 0. The van der Waals surface area contributed by atoms with Crippen molar-refractivity contribution in [2.75, 3.05) is 24.6 Å². The van der Waals surface area contributed by atoms with Crippen LogP contribution in [0.25, 0.3) is 0 Å². The average Bonchev–Trinajstić information content (AvgIpc) is 2.49. The van der Waals surface area contributed by atoms with Gasteiger partial charge in [0.2, 0.25) is 0 Å². The molecule has 1 aliphatic heterocycles. The van der Waals surface area contributed by atoms with E-state index in [-0.39, 0.29) is 0 Å². The molecular formula is C16H23NS. The zero-order valence-electron chi connectivity index (χ0n) is 11.1. The first-order valence-corrected chi connectivity index (χ1v) is 8.46. The molecule has 18 heavy (non-hydrogen) atoms. The molecule has 0 aromatic heterocycles. The van der Waals surface area contributed by atoms with Crippen molar-refractivity contribution >= 4 is 11.8 Å². The van der Waals surface area contributed by atoms with Gasteiger partial charge in [-0.25, -0.2) is 0 Å². The van der Waals surface area contributed by atoms with Crippen molar-refractivity contribution in [3.63, 3.8) is 0 Å². The van der Waals surface area contributed by atoms with E-state index in [1.54, 1.807) is 5.56 Å². The smallest absolute Gasteiger partial charge is 0.0102 e. The van der Waals surface area contributed by atoms with Crippen LogP contribution >= 0.6 is 11.8 Å². The molecular weight excluding hydrogens is 238 g/mol. The fraction of sp³-hybridized carbons (Fsp3) is 0.625. The van der Waals surface area contributed by atoms with Crippen LogP contribution in [0, 0.1) is 0 Å². The van der Waals surface area contributed by atoms with Crippen molar-refractivity contribution in [1.29, 1.82) is 0 Å². The summed E-state index contributed by atoms with van der Waals surface area (Å²) < 4.78 is 0. The summed E-state index contributed by atoms with van der Waals surface area (Å²) in [6.45, 7) is 2.63. The molecule has 2 heteroatoms. The Morgan fingerprint density at radius 1 is 1.00 bits per heavy atom. The second kappa shape index (κ2) is 6.12. The summed E-state index contributed by atoms with van der Waals surface area (Å²) in [5.74, 6) is 3.48. The lowest BCUT2D eigenvalue weighted by Crippen LogP contribution is -2.43. The third kappa shape index (κ3) is 2.92. The largest absolute Gasteiger partial charge is 0.299 e. The highest BCUT2D eigenvalue weighted by molar-refractivity contribution is 7.99. The van der Waals surface area contributed by atoms with Gasteiger partial charge < -0.3 is 0 Å². The molecule has 1 heterocycles. The van der Waals surface area contributed by atoms with E-state index in [4.69, 9.17) is 0 Å². The molecule has 1 aliphatic carbocycles. The lowest BCUT2D eigenvalue weighted by atomic mass is 9.81. The summed E-state index contributed by atoms with van der Waals surface area (Å²) in [6, 6.07) is 12.0. The molecule has 2 fully saturated rings. The van der Waals surface area contributed by atoms with Crippen LogP contribution in [0.3, 0.4) is 0 Å². The highest BCUT2D eigenvalue weighted by atomic mass is 32.2. The van der Waals surface area contributed by atoms with E-state index in [0.717, 1.165) is 12.0 Å². The number of hydrogen-bond acceptors (Lipinski definition) is 2. The van der Waals surface area contributed by atoms with Gasteiger partial charge in [-0.3, -0.25) is 4.90 Å². The van der Waals surface area contributed by atoms with Crippen LogP contribution < -0.4 is 0 Å². The van der Waals surface area contributed by atoms with Gasteiger partial charge in [0.1, 0.15) is 0 Å². The van der Waals surface area contributed by atoms with Gasteiger partial charge in [0.25, 0.3) is 0 Å². The van der Waals surface area contributed by atoms with Gasteiger partial charge in [0, 0.05) is 30.6 Å². The zero-order chi connectivity index (χ0) is 12.2. The lowest BCUT2D eigenvalue weighted by Gasteiger charge is -2.39. The number of benzene rings is 1. The predicted molar refractivity (Wildman–Crippen MR) is 80.3 cm³/mol. The van der Waals surface area contributed by atoms with Crippen molar-refractivity contribution in [2.45, 2.75) is 37.6 Å². The predicted octanol–water partition coefficient (Wildman–Crippen LogP) is 3.76. The molecule has 2 atom stereocenters. The minimum Gasteiger partial charge on any atom is -0.299 e. The van der Waals surface area contributed by atoms with Crippen molar-refractivity contribution in [1.82, 2.24) is 4.90 Å². The summed E-state index contributed by atoms with van der Waals surface area (Å²) in [5, 5.41) is 0. The van der Waals surface area contributed by atoms with Gasteiger partial charge in [-0.1, -0.05) is 36.8 Å². The number of rotatable bonds is 2. The first-order chi connectivity index (χ1) is 8.93. The molecule has 1 nitrogen and oxygen atoms in total. The van der Waals surface area contributed by atoms with Crippen LogP contribution in [-0.4, -0.2) is 35.5 Å². The van der Waals surface area contributed by atoms with Gasteiger partial charge in [-0.05, 0) is 30.7 Å². The van der Waals surface area contributed by atoms with E-state index in [0.29, 0.717) is 0 Å². The van der Waals surface area contributed by atoms with E-state index in [1.807, 2.05) is 0 Å². The molecule has 0 spiro atoms. The maximum absolute atomic E-state index is 2.76.